The normalized spacial score (nSPS) is 20.7. The summed E-state index contributed by atoms with van der Waals surface area (Å²) in [4.78, 5) is 24.1. The molecule has 0 saturated carbocycles. The third kappa shape index (κ3) is 3.54. The van der Waals surface area contributed by atoms with Gasteiger partial charge in [0.1, 0.15) is 5.52 Å². The van der Waals surface area contributed by atoms with Crippen LogP contribution in [0.1, 0.15) is 6.42 Å². The fourth-order valence-electron chi connectivity index (χ4n) is 2.64. The molecule has 2 aromatic rings. The SMILES string of the molecule is O=C(CCn1nnc2ccccc2c1=O)NCC1CNCC1O. The number of amides is 1. The molecular formula is C15H19N5O3. The second kappa shape index (κ2) is 6.84. The molecule has 3 rings (SSSR count). The number of nitrogens with zero attached hydrogens (tertiary/aromatic N) is 3. The number of nitrogens with one attached hydrogen (secondary N) is 2. The van der Waals surface area contributed by atoms with Gasteiger partial charge in [0.25, 0.3) is 5.56 Å². The molecule has 2 unspecified atom stereocenters. The largest absolute Gasteiger partial charge is 0.391 e. The lowest BCUT2D eigenvalue weighted by Gasteiger charge is -2.14. The Morgan fingerprint density at radius 1 is 1.39 bits per heavy atom. The molecule has 8 heteroatoms. The summed E-state index contributed by atoms with van der Waals surface area (Å²) in [6.45, 7) is 1.85. The number of benzene rings is 1. The van der Waals surface area contributed by atoms with Gasteiger partial charge in [0, 0.05) is 32.0 Å². The molecule has 122 valence electrons. The fourth-order valence-corrected chi connectivity index (χ4v) is 2.64. The maximum absolute atomic E-state index is 12.2. The third-order valence-corrected chi connectivity index (χ3v) is 4.05. The highest BCUT2D eigenvalue weighted by Crippen LogP contribution is 2.07. The quantitative estimate of drug-likeness (QED) is 0.644. The number of aliphatic hydroxyl groups excluding tert-OH is 1. The maximum atomic E-state index is 12.2. The number of aromatic nitrogens is 3. The van der Waals surface area contributed by atoms with E-state index in [1.807, 2.05) is 0 Å². The van der Waals surface area contributed by atoms with Gasteiger partial charge in [0.2, 0.25) is 5.91 Å². The lowest BCUT2D eigenvalue weighted by molar-refractivity contribution is -0.121. The van der Waals surface area contributed by atoms with Crippen molar-refractivity contribution < 1.29 is 9.90 Å². The monoisotopic (exact) mass is 317 g/mol. The standard InChI is InChI=1S/C15H19N5O3/c21-13-9-16-7-10(13)8-17-14(22)5-6-20-15(23)11-3-1-2-4-12(11)18-19-20/h1-4,10,13,16,21H,5-9H2,(H,17,22). The van der Waals surface area contributed by atoms with Crippen LogP contribution in [0.2, 0.25) is 0 Å². The second-order valence-electron chi connectivity index (χ2n) is 5.67. The Labute approximate surface area is 132 Å². The number of fused-ring (bicyclic) bond motifs is 1. The summed E-state index contributed by atoms with van der Waals surface area (Å²) in [5.41, 5.74) is 0.291. The average molecular weight is 317 g/mol. The molecule has 3 N–H and O–H groups in total. The lowest BCUT2D eigenvalue weighted by atomic mass is 10.1. The van der Waals surface area contributed by atoms with E-state index in [1.54, 1.807) is 24.3 Å². The minimum Gasteiger partial charge on any atom is -0.391 e. The molecule has 0 radical (unpaired) electrons. The first-order valence-corrected chi connectivity index (χ1v) is 7.63. The van der Waals surface area contributed by atoms with Crippen LogP contribution in [0.4, 0.5) is 0 Å². The van der Waals surface area contributed by atoms with Crippen LogP contribution < -0.4 is 16.2 Å². The predicted octanol–water partition coefficient (Wildman–Crippen LogP) is -1.12. The van der Waals surface area contributed by atoms with Crippen molar-refractivity contribution >= 4 is 16.8 Å². The van der Waals surface area contributed by atoms with Crippen molar-refractivity contribution in [3.63, 3.8) is 0 Å². The van der Waals surface area contributed by atoms with Crippen LogP contribution in [0.25, 0.3) is 10.9 Å². The van der Waals surface area contributed by atoms with Crippen molar-refractivity contribution in [2.75, 3.05) is 19.6 Å². The number of carbonyl (C=O) groups is 1. The Morgan fingerprint density at radius 2 is 2.22 bits per heavy atom. The van der Waals surface area contributed by atoms with Crippen LogP contribution in [-0.4, -0.2) is 51.7 Å². The molecule has 1 aromatic carbocycles. The summed E-state index contributed by atoms with van der Waals surface area (Å²) in [5.74, 6) is -0.145. The van der Waals surface area contributed by atoms with Crippen molar-refractivity contribution in [1.82, 2.24) is 25.6 Å². The van der Waals surface area contributed by atoms with Gasteiger partial charge in [-0.25, -0.2) is 4.68 Å². The van der Waals surface area contributed by atoms with Crippen LogP contribution in [0.15, 0.2) is 29.1 Å². The van der Waals surface area contributed by atoms with E-state index in [0.717, 1.165) is 0 Å². The van der Waals surface area contributed by atoms with Gasteiger partial charge in [-0.2, -0.15) is 0 Å². The summed E-state index contributed by atoms with van der Waals surface area (Å²) >= 11 is 0. The number of aliphatic hydroxyl groups is 1. The number of aryl methyl sites for hydroxylation is 1. The van der Waals surface area contributed by atoms with E-state index in [1.165, 1.54) is 4.68 Å². The zero-order chi connectivity index (χ0) is 16.2. The molecule has 0 bridgehead atoms. The number of hydrogen-bond acceptors (Lipinski definition) is 6. The second-order valence-corrected chi connectivity index (χ2v) is 5.67. The van der Waals surface area contributed by atoms with Crippen molar-refractivity contribution in [2.24, 2.45) is 5.92 Å². The molecule has 1 saturated heterocycles. The summed E-state index contributed by atoms with van der Waals surface area (Å²) in [6.07, 6.45) is -0.285. The topological polar surface area (TPSA) is 109 Å². The highest BCUT2D eigenvalue weighted by molar-refractivity contribution is 5.77. The fraction of sp³-hybridized carbons (Fsp3) is 0.467. The van der Waals surface area contributed by atoms with E-state index in [-0.39, 0.29) is 30.3 Å². The third-order valence-electron chi connectivity index (χ3n) is 4.05. The van der Waals surface area contributed by atoms with Crippen LogP contribution in [0.5, 0.6) is 0 Å². The summed E-state index contributed by atoms with van der Waals surface area (Å²) in [6, 6.07) is 6.98. The van der Waals surface area contributed by atoms with E-state index >= 15 is 0 Å². The molecule has 2 heterocycles. The van der Waals surface area contributed by atoms with Gasteiger partial charge >= 0.3 is 0 Å². The molecule has 1 aliphatic heterocycles. The minimum absolute atomic E-state index is 0.0298. The highest BCUT2D eigenvalue weighted by atomic mass is 16.3. The predicted molar refractivity (Wildman–Crippen MR) is 83.8 cm³/mol. The first kappa shape index (κ1) is 15.6. The van der Waals surface area contributed by atoms with Crippen molar-refractivity contribution in [1.29, 1.82) is 0 Å². The Bertz CT molecular complexity index is 760. The molecule has 8 nitrogen and oxygen atoms in total. The zero-order valence-electron chi connectivity index (χ0n) is 12.6. The maximum Gasteiger partial charge on any atom is 0.277 e. The average Bonchev–Trinajstić information content (AvgIpc) is 2.98. The van der Waals surface area contributed by atoms with E-state index in [9.17, 15) is 14.7 Å². The Kier molecular flexibility index (Phi) is 4.63. The van der Waals surface area contributed by atoms with Gasteiger partial charge in [-0.15, -0.1) is 5.10 Å². The summed E-state index contributed by atoms with van der Waals surface area (Å²) in [7, 11) is 0. The van der Waals surface area contributed by atoms with Crippen LogP contribution in [0, 0.1) is 5.92 Å². The van der Waals surface area contributed by atoms with Crippen molar-refractivity contribution in [2.45, 2.75) is 19.1 Å². The van der Waals surface area contributed by atoms with Gasteiger partial charge < -0.3 is 15.7 Å². The molecule has 0 aliphatic carbocycles. The van der Waals surface area contributed by atoms with Gasteiger partial charge in [-0.1, -0.05) is 17.3 Å². The van der Waals surface area contributed by atoms with Crippen LogP contribution >= 0.6 is 0 Å². The highest BCUT2D eigenvalue weighted by Gasteiger charge is 2.24. The lowest BCUT2D eigenvalue weighted by Crippen LogP contribution is -2.35. The number of rotatable bonds is 5. The van der Waals surface area contributed by atoms with Crippen LogP contribution in [0.3, 0.4) is 0 Å². The van der Waals surface area contributed by atoms with E-state index in [0.29, 0.717) is 30.5 Å². The van der Waals surface area contributed by atoms with E-state index in [2.05, 4.69) is 20.9 Å². The molecule has 1 amide bonds. The molecule has 1 fully saturated rings. The number of hydrogen-bond donors (Lipinski definition) is 3. The van der Waals surface area contributed by atoms with Crippen molar-refractivity contribution in [3.05, 3.63) is 34.6 Å². The molecule has 1 aliphatic rings. The Balaban J connectivity index is 1.56. The van der Waals surface area contributed by atoms with E-state index < -0.39 is 6.10 Å². The Morgan fingerprint density at radius 3 is 3.00 bits per heavy atom. The van der Waals surface area contributed by atoms with Crippen molar-refractivity contribution in [3.8, 4) is 0 Å². The Hall–Kier alpha value is -2.32. The smallest absolute Gasteiger partial charge is 0.277 e. The number of β-amino-alcohol motifs (C(OH)–C–C–N with tert-alkyl or cyclic N) is 1. The molecule has 23 heavy (non-hydrogen) atoms. The molecule has 2 atom stereocenters. The first-order chi connectivity index (χ1) is 11.1. The number of carbonyl (C=O) groups excluding carboxylic acids is 1. The van der Waals surface area contributed by atoms with Gasteiger partial charge in [-0.3, -0.25) is 9.59 Å². The summed E-state index contributed by atoms with van der Waals surface area (Å²) in [5, 5.41) is 23.8. The van der Waals surface area contributed by atoms with Gasteiger partial charge in [0.15, 0.2) is 0 Å². The van der Waals surface area contributed by atoms with Gasteiger partial charge in [-0.05, 0) is 12.1 Å². The molecular weight excluding hydrogens is 298 g/mol. The zero-order valence-corrected chi connectivity index (χ0v) is 12.6. The minimum atomic E-state index is -0.427. The molecule has 1 aromatic heterocycles. The summed E-state index contributed by atoms with van der Waals surface area (Å²) < 4.78 is 1.20. The molecule has 0 spiro atoms. The first-order valence-electron chi connectivity index (χ1n) is 7.63. The van der Waals surface area contributed by atoms with Crippen LogP contribution in [-0.2, 0) is 11.3 Å². The van der Waals surface area contributed by atoms with E-state index in [4.69, 9.17) is 0 Å². The van der Waals surface area contributed by atoms with Gasteiger partial charge in [0.05, 0.1) is 18.0 Å².